The van der Waals surface area contributed by atoms with E-state index < -0.39 is 0 Å². The van der Waals surface area contributed by atoms with Gasteiger partial charge in [-0.05, 0) is 31.7 Å². The van der Waals surface area contributed by atoms with Crippen molar-refractivity contribution >= 4 is 6.03 Å². The lowest BCUT2D eigenvalue weighted by Gasteiger charge is -2.27. The van der Waals surface area contributed by atoms with Crippen LogP contribution in [0, 0.1) is 5.92 Å². The molecule has 92 valence electrons. The van der Waals surface area contributed by atoms with Crippen molar-refractivity contribution in [2.45, 2.75) is 31.3 Å². The largest absolute Gasteiger partial charge is 0.383 e. The Hall–Kier alpha value is -0.810. The van der Waals surface area contributed by atoms with Gasteiger partial charge >= 0.3 is 6.03 Å². The lowest BCUT2D eigenvalue weighted by atomic mass is 9.87. The lowest BCUT2D eigenvalue weighted by molar-refractivity contribution is 0.193. The number of hydrogen-bond donors (Lipinski definition) is 3. The molecule has 1 aliphatic heterocycles. The molecule has 3 atom stereocenters. The minimum atomic E-state index is -0.0663. The summed E-state index contributed by atoms with van der Waals surface area (Å²) in [5.41, 5.74) is 0. The number of fused-ring (bicyclic) bond motifs is 2. The smallest absolute Gasteiger partial charge is 0.315 e. The van der Waals surface area contributed by atoms with Crippen LogP contribution in [0.1, 0.15) is 19.3 Å². The third kappa shape index (κ3) is 3.09. The van der Waals surface area contributed by atoms with Gasteiger partial charge in [0.25, 0.3) is 0 Å². The molecule has 3 unspecified atom stereocenters. The molecule has 5 heteroatoms. The molecule has 2 fully saturated rings. The average molecular weight is 227 g/mol. The van der Waals surface area contributed by atoms with Crippen LogP contribution >= 0.6 is 0 Å². The number of carbonyl (C=O) groups is 1. The second-order valence-electron chi connectivity index (χ2n) is 4.77. The molecule has 1 saturated heterocycles. The summed E-state index contributed by atoms with van der Waals surface area (Å²) in [5, 5.41) is 9.30. The normalized spacial score (nSPS) is 32.4. The maximum Gasteiger partial charge on any atom is 0.315 e. The zero-order valence-electron chi connectivity index (χ0n) is 9.79. The minimum absolute atomic E-state index is 0.0663. The van der Waals surface area contributed by atoms with Crippen LogP contribution in [0.2, 0.25) is 0 Å². The van der Waals surface area contributed by atoms with Crippen molar-refractivity contribution < 1.29 is 9.53 Å². The van der Waals surface area contributed by atoms with Crippen molar-refractivity contribution in [2.75, 3.05) is 26.8 Å². The number of urea groups is 1. The standard InChI is InChI=1S/C11H21N3O2/c1-16-3-2-12-11(15)14-10-5-8-4-9(6-10)13-7-8/h8-10,13H,2-7H2,1H3,(H2,12,14,15). The molecular weight excluding hydrogens is 206 g/mol. The number of hydrogen-bond acceptors (Lipinski definition) is 3. The van der Waals surface area contributed by atoms with Gasteiger partial charge in [-0.1, -0.05) is 0 Å². The van der Waals surface area contributed by atoms with E-state index in [9.17, 15) is 4.79 Å². The predicted molar refractivity (Wildman–Crippen MR) is 61.3 cm³/mol. The van der Waals surface area contributed by atoms with Crippen LogP contribution in [0.15, 0.2) is 0 Å². The van der Waals surface area contributed by atoms with Crippen molar-refractivity contribution in [3.8, 4) is 0 Å². The summed E-state index contributed by atoms with van der Waals surface area (Å²) in [4.78, 5) is 11.5. The van der Waals surface area contributed by atoms with Gasteiger partial charge in [-0.25, -0.2) is 4.79 Å². The highest BCUT2D eigenvalue weighted by molar-refractivity contribution is 5.74. The predicted octanol–water partition coefficient (Wildman–Crippen LogP) is 0.0725. The highest BCUT2D eigenvalue weighted by Gasteiger charge is 2.34. The van der Waals surface area contributed by atoms with E-state index in [1.54, 1.807) is 7.11 Å². The molecule has 3 N–H and O–H groups in total. The first-order valence-corrected chi connectivity index (χ1v) is 6.04. The van der Waals surface area contributed by atoms with Gasteiger partial charge in [-0.3, -0.25) is 0 Å². The first-order chi connectivity index (χ1) is 7.78. The molecule has 5 nitrogen and oxygen atoms in total. The number of rotatable bonds is 4. The molecule has 16 heavy (non-hydrogen) atoms. The summed E-state index contributed by atoms with van der Waals surface area (Å²) in [6, 6.07) is 0.882. The second kappa shape index (κ2) is 5.50. The van der Waals surface area contributed by atoms with Gasteiger partial charge in [0.05, 0.1) is 6.61 Å². The van der Waals surface area contributed by atoms with Crippen LogP contribution in [0.5, 0.6) is 0 Å². The van der Waals surface area contributed by atoms with Crippen LogP contribution in [0.3, 0.4) is 0 Å². The maximum absolute atomic E-state index is 11.5. The topological polar surface area (TPSA) is 62.4 Å². The Morgan fingerprint density at radius 3 is 3.06 bits per heavy atom. The molecule has 1 aliphatic carbocycles. The van der Waals surface area contributed by atoms with E-state index in [0.717, 1.165) is 25.3 Å². The summed E-state index contributed by atoms with van der Waals surface area (Å²) in [7, 11) is 1.63. The number of ether oxygens (including phenoxy) is 1. The van der Waals surface area contributed by atoms with Crippen LogP contribution in [-0.4, -0.2) is 44.9 Å². The van der Waals surface area contributed by atoms with Crippen LogP contribution in [0.25, 0.3) is 0 Å². The van der Waals surface area contributed by atoms with E-state index in [-0.39, 0.29) is 6.03 Å². The summed E-state index contributed by atoms with van der Waals surface area (Å²) in [5.74, 6) is 0.753. The Morgan fingerprint density at radius 2 is 2.31 bits per heavy atom. The van der Waals surface area contributed by atoms with Crippen molar-refractivity contribution in [3.05, 3.63) is 0 Å². The third-order valence-corrected chi connectivity index (χ3v) is 3.43. The molecule has 0 aromatic carbocycles. The van der Waals surface area contributed by atoms with Gasteiger partial charge in [0.1, 0.15) is 0 Å². The fourth-order valence-electron chi connectivity index (χ4n) is 2.72. The maximum atomic E-state index is 11.5. The Labute approximate surface area is 96.3 Å². The Kier molecular flexibility index (Phi) is 4.01. The highest BCUT2D eigenvalue weighted by Crippen LogP contribution is 2.29. The second-order valence-corrected chi connectivity index (χ2v) is 4.77. The molecular formula is C11H21N3O2. The third-order valence-electron chi connectivity index (χ3n) is 3.43. The summed E-state index contributed by atoms with van der Waals surface area (Å²) in [6.07, 6.45) is 3.46. The summed E-state index contributed by atoms with van der Waals surface area (Å²) >= 11 is 0. The van der Waals surface area contributed by atoms with E-state index >= 15 is 0 Å². The molecule has 2 rings (SSSR count). The monoisotopic (exact) mass is 227 g/mol. The fourth-order valence-corrected chi connectivity index (χ4v) is 2.72. The van der Waals surface area contributed by atoms with E-state index in [4.69, 9.17) is 4.74 Å². The Balaban J connectivity index is 1.67. The molecule has 2 bridgehead atoms. The SMILES string of the molecule is COCCNC(=O)NC1CC2CNC(C2)C1. The molecule has 2 amide bonds. The van der Waals surface area contributed by atoms with Crippen molar-refractivity contribution in [1.29, 1.82) is 0 Å². The molecule has 0 radical (unpaired) electrons. The quantitative estimate of drug-likeness (QED) is 0.596. The summed E-state index contributed by atoms with van der Waals surface area (Å²) < 4.78 is 4.87. The zero-order chi connectivity index (χ0) is 11.4. The van der Waals surface area contributed by atoms with Gasteiger partial charge < -0.3 is 20.7 Å². The Bertz CT molecular complexity index is 235. The highest BCUT2D eigenvalue weighted by atomic mass is 16.5. The van der Waals surface area contributed by atoms with Crippen molar-refractivity contribution in [2.24, 2.45) is 5.92 Å². The van der Waals surface area contributed by atoms with E-state index in [0.29, 0.717) is 25.2 Å². The van der Waals surface area contributed by atoms with Crippen molar-refractivity contribution in [1.82, 2.24) is 16.0 Å². The number of nitrogens with one attached hydrogen (secondary N) is 3. The van der Waals surface area contributed by atoms with Gasteiger partial charge in [0.15, 0.2) is 0 Å². The van der Waals surface area contributed by atoms with E-state index in [1.807, 2.05) is 0 Å². The molecule has 1 heterocycles. The van der Waals surface area contributed by atoms with E-state index in [1.165, 1.54) is 6.42 Å². The van der Waals surface area contributed by atoms with Gasteiger partial charge in [0, 0.05) is 25.7 Å². The first kappa shape index (κ1) is 11.7. The zero-order valence-corrected chi connectivity index (χ0v) is 9.79. The minimum Gasteiger partial charge on any atom is -0.383 e. The summed E-state index contributed by atoms with van der Waals surface area (Å²) in [6.45, 7) is 2.25. The molecule has 0 aromatic heterocycles. The number of methoxy groups -OCH3 is 1. The molecule has 0 spiro atoms. The molecule has 1 saturated carbocycles. The van der Waals surface area contributed by atoms with Crippen LogP contribution in [0.4, 0.5) is 4.79 Å². The lowest BCUT2D eigenvalue weighted by Crippen LogP contribution is -2.46. The van der Waals surface area contributed by atoms with Gasteiger partial charge in [-0.2, -0.15) is 0 Å². The molecule has 0 aromatic rings. The molecule has 2 aliphatic rings. The van der Waals surface area contributed by atoms with Gasteiger partial charge in [0.2, 0.25) is 0 Å². The number of amides is 2. The van der Waals surface area contributed by atoms with Crippen molar-refractivity contribution in [3.63, 3.8) is 0 Å². The number of carbonyl (C=O) groups excluding carboxylic acids is 1. The first-order valence-electron chi connectivity index (χ1n) is 6.04. The fraction of sp³-hybridized carbons (Fsp3) is 0.909. The average Bonchev–Trinajstić information content (AvgIpc) is 2.58. The van der Waals surface area contributed by atoms with Crippen LogP contribution in [-0.2, 0) is 4.74 Å². The Morgan fingerprint density at radius 1 is 1.44 bits per heavy atom. The van der Waals surface area contributed by atoms with Gasteiger partial charge in [-0.15, -0.1) is 0 Å². The van der Waals surface area contributed by atoms with Crippen LogP contribution < -0.4 is 16.0 Å². The van der Waals surface area contributed by atoms with E-state index in [2.05, 4.69) is 16.0 Å².